The molecule has 3 unspecified atom stereocenters. The van der Waals surface area contributed by atoms with Crippen LogP contribution in [0.2, 0.25) is 0 Å². The Hall–Kier alpha value is 0.880. The van der Waals surface area contributed by atoms with Gasteiger partial charge in [0.05, 0.1) is 4.08 Å². The summed E-state index contributed by atoms with van der Waals surface area (Å²) in [5.74, 6) is 1.40. The smallest absolute Gasteiger partial charge is 0.0555 e. The van der Waals surface area contributed by atoms with E-state index in [2.05, 4.69) is 91.4 Å². The van der Waals surface area contributed by atoms with Gasteiger partial charge in [0.25, 0.3) is 0 Å². The number of hydrogen-bond acceptors (Lipinski definition) is 4. The highest BCUT2D eigenvalue weighted by molar-refractivity contribution is 8.00. The second kappa shape index (κ2) is 9.89. The molecule has 0 aromatic carbocycles. The lowest BCUT2D eigenvalue weighted by atomic mass is 9.77. The fourth-order valence-corrected chi connectivity index (χ4v) is 3.52. The summed E-state index contributed by atoms with van der Waals surface area (Å²) < 4.78 is -0.132. The van der Waals surface area contributed by atoms with Crippen LogP contribution in [0.4, 0.5) is 0 Å². The first-order chi connectivity index (χ1) is 9.50. The van der Waals surface area contributed by atoms with Crippen molar-refractivity contribution in [3.8, 4) is 0 Å². The summed E-state index contributed by atoms with van der Waals surface area (Å²) >= 11 is 18.3. The van der Waals surface area contributed by atoms with Crippen molar-refractivity contribution >= 4 is 50.5 Å². The average molecular weight is 365 g/mol. The Bertz CT molecular complexity index is 347. The zero-order valence-electron chi connectivity index (χ0n) is 13.8. The monoisotopic (exact) mass is 364 g/mol. The van der Waals surface area contributed by atoms with Crippen molar-refractivity contribution in [2.24, 2.45) is 17.8 Å². The third-order valence-corrected chi connectivity index (χ3v) is 5.84. The van der Waals surface area contributed by atoms with Gasteiger partial charge < -0.3 is 0 Å². The number of rotatable bonds is 10. The first kappa shape index (κ1) is 21.9. The molecule has 0 N–H and O–H groups in total. The van der Waals surface area contributed by atoms with Gasteiger partial charge in [-0.25, -0.2) is 0 Å². The summed E-state index contributed by atoms with van der Waals surface area (Å²) in [5, 5.41) is 0. The summed E-state index contributed by atoms with van der Waals surface area (Å²) in [4.78, 5) is 0. The van der Waals surface area contributed by atoms with Crippen LogP contribution in [0.5, 0.6) is 0 Å². The lowest BCUT2D eigenvalue weighted by Crippen LogP contribution is -2.24. The summed E-state index contributed by atoms with van der Waals surface area (Å²) in [5.41, 5.74) is 2.44. The molecule has 0 heterocycles. The van der Waals surface area contributed by atoms with Gasteiger partial charge in [-0.1, -0.05) is 38.2 Å². The van der Waals surface area contributed by atoms with E-state index in [4.69, 9.17) is 0 Å². The van der Waals surface area contributed by atoms with Crippen molar-refractivity contribution in [3.63, 3.8) is 0 Å². The molecular formula is C17H32S4. The fraction of sp³-hybridized carbons (Fsp3) is 0.765. The van der Waals surface area contributed by atoms with E-state index in [0.717, 1.165) is 25.7 Å². The normalized spacial score (nSPS) is 16.6. The Labute approximate surface area is 154 Å². The van der Waals surface area contributed by atoms with E-state index in [1.54, 1.807) is 0 Å². The van der Waals surface area contributed by atoms with Crippen molar-refractivity contribution < 1.29 is 0 Å². The zero-order chi connectivity index (χ0) is 16.8. The van der Waals surface area contributed by atoms with Gasteiger partial charge in [-0.2, -0.15) is 50.5 Å². The number of hydrogen-bond donors (Lipinski definition) is 4. The van der Waals surface area contributed by atoms with Crippen LogP contribution in [0, 0.1) is 17.8 Å². The van der Waals surface area contributed by atoms with Crippen molar-refractivity contribution in [2.45, 2.75) is 62.0 Å². The SMILES string of the molecule is C=C(C)C(CC(CC(S)S)C(C)C(=C)C)CC(S)(S)CC. The first-order valence-electron chi connectivity index (χ1n) is 7.61. The molecule has 3 atom stereocenters. The minimum Gasteiger partial charge on any atom is -0.165 e. The zero-order valence-corrected chi connectivity index (χ0v) is 17.4. The van der Waals surface area contributed by atoms with E-state index in [0.29, 0.717) is 17.8 Å². The van der Waals surface area contributed by atoms with E-state index in [-0.39, 0.29) is 8.66 Å². The molecule has 0 radical (unpaired) electrons. The van der Waals surface area contributed by atoms with Gasteiger partial charge in [0.15, 0.2) is 0 Å². The van der Waals surface area contributed by atoms with Crippen LogP contribution >= 0.6 is 50.5 Å². The molecule has 0 aromatic heterocycles. The minimum absolute atomic E-state index is 0.102. The lowest BCUT2D eigenvalue weighted by Gasteiger charge is -2.33. The Morgan fingerprint density at radius 2 is 1.57 bits per heavy atom. The molecule has 21 heavy (non-hydrogen) atoms. The maximum atomic E-state index is 4.68. The molecule has 0 saturated carbocycles. The third kappa shape index (κ3) is 8.92. The van der Waals surface area contributed by atoms with E-state index in [1.165, 1.54) is 11.1 Å². The summed E-state index contributed by atoms with van der Waals surface area (Å²) in [6, 6.07) is 0. The van der Waals surface area contributed by atoms with Crippen LogP contribution in [0.15, 0.2) is 24.3 Å². The van der Waals surface area contributed by atoms with Gasteiger partial charge >= 0.3 is 0 Å². The highest BCUT2D eigenvalue weighted by atomic mass is 32.2. The lowest BCUT2D eigenvalue weighted by molar-refractivity contribution is 0.306. The molecule has 0 bridgehead atoms. The van der Waals surface area contributed by atoms with E-state index in [9.17, 15) is 0 Å². The standard InChI is InChI=1S/C17H32S4/c1-7-17(20,21)10-15(12(4)5)8-14(9-16(18)19)13(6)11(2)3/h13-16,18-21H,2,4,7-10H2,1,3,5-6H3. The van der Waals surface area contributed by atoms with Gasteiger partial charge in [0, 0.05) is 4.58 Å². The quantitative estimate of drug-likeness (QED) is 0.194. The van der Waals surface area contributed by atoms with Gasteiger partial charge in [0.2, 0.25) is 0 Å². The van der Waals surface area contributed by atoms with Gasteiger partial charge in [0.1, 0.15) is 0 Å². The predicted octanol–water partition coefficient (Wildman–Crippen LogP) is 6.33. The molecule has 0 aromatic rings. The van der Waals surface area contributed by atoms with Crippen molar-refractivity contribution in [3.05, 3.63) is 24.3 Å². The molecule has 0 aliphatic rings. The first-order valence-corrected chi connectivity index (χ1v) is 9.54. The van der Waals surface area contributed by atoms with Gasteiger partial charge in [-0.15, -0.1) is 0 Å². The van der Waals surface area contributed by atoms with Gasteiger partial charge in [-0.05, 0) is 57.3 Å². The predicted molar refractivity (Wildman–Crippen MR) is 112 cm³/mol. The van der Waals surface area contributed by atoms with E-state index in [1.807, 2.05) is 0 Å². The van der Waals surface area contributed by atoms with Crippen molar-refractivity contribution in [1.82, 2.24) is 0 Å². The topological polar surface area (TPSA) is 0 Å². The molecule has 0 fully saturated rings. The molecule has 0 aliphatic carbocycles. The average Bonchev–Trinajstić information content (AvgIpc) is 2.35. The van der Waals surface area contributed by atoms with Gasteiger partial charge in [-0.3, -0.25) is 0 Å². The second-order valence-electron chi connectivity index (χ2n) is 6.43. The molecule has 0 nitrogen and oxygen atoms in total. The van der Waals surface area contributed by atoms with Crippen molar-refractivity contribution in [2.75, 3.05) is 0 Å². The van der Waals surface area contributed by atoms with Crippen LogP contribution in [-0.4, -0.2) is 8.66 Å². The Morgan fingerprint density at radius 1 is 1.05 bits per heavy atom. The number of thiol groups is 4. The molecule has 0 rings (SSSR count). The van der Waals surface area contributed by atoms with Crippen LogP contribution in [0.3, 0.4) is 0 Å². The summed E-state index contributed by atoms with van der Waals surface area (Å²) in [6.45, 7) is 16.9. The van der Waals surface area contributed by atoms with Crippen molar-refractivity contribution in [1.29, 1.82) is 0 Å². The Balaban J connectivity index is 5.05. The van der Waals surface area contributed by atoms with Crippen LogP contribution in [0.25, 0.3) is 0 Å². The maximum absolute atomic E-state index is 4.68. The molecule has 0 amide bonds. The highest BCUT2D eigenvalue weighted by Crippen LogP contribution is 2.40. The second-order valence-corrected chi connectivity index (χ2v) is 10.1. The highest BCUT2D eigenvalue weighted by Gasteiger charge is 2.29. The molecule has 124 valence electrons. The molecular weight excluding hydrogens is 332 g/mol. The number of allylic oxidation sites excluding steroid dienone is 2. The largest absolute Gasteiger partial charge is 0.165 e. The van der Waals surface area contributed by atoms with Crippen LogP contribution in [-0.2, 0) is 0 Å². The third-order valence-electron chi connectivity index (χ3n) is 4.42. The molecule has 0 aliphatic heterocycles. The van der Waals surface area contributed by atoms with Crippen LogP contribution in [0.1, 0.15) is 53.4 Å². The van der Waals surface area contributed by atoms with Crippen LogP contribution < -0.4 is 0 Å². The summed E-state index contributed by atoms with van der Waals surface area (Å²) in [7, 11) is 0. The summed E-state index contributed by atoms with van der Waals surface area (Å²) in [6.07, 6.45) is 3.92. The Morgan fingerprint density at radius 3 is 1.90 bits per heavy atom. The molecule has 4 heteroatoms. The minimum atomic E-state index is -0.234. The molecule has 0 saturated heterocycles. The molecule has 0 spiro atoms. The van der Waals surface area contributed by atoms with E-state index >= 15 is 0 Å². The van der Waals surface area contributed by atoms with E-state index < -0.39 is 0 Å². The maximum Gasteiger partial charge on any atom is 0.0555 e. The fourth-order valence-electron chi connectivity index (χ4n) is 2.54. The Kier molecular flexibility index (Phi) is 10.3.